The van der Waals surface area contributed by atoms with Crippen molar-refractivity contribution < 1.29 is 4.74 Å². The molecular formula is C15H14Br2INOS. The molecule has 1 aromatic heterocycles. The molecule has 1 heterocycles. The Morgan fingerprint density at radius 3 is 2.86 bits per heavy atom. The zero-order valence-electron chi connectivity index (χ0n) is 11.4. The van der Waals surface area contributed by atoms with Crippen molar-refractivity contribution in [2.45, 2.75) is 25.3 Å². The largest absolute Gasteiger partial charge is 0.495 e. The fraction of sp³-hybridized carbons (Fsp3) is 0.333. The number of benzene rings is 1. The first-order valence-electron chi connectivity index (χ1n) is 6.66. The van der Waals surface area contributed by atoms with Gasteiger partial charge < -0.3 is 10.1 Å². The Bertz CT molecular complexity index is 674. The van der Waals surface area contributed by atoms with Gasteiger partial charge in [0.2, 0.25) is 0 Å². The van der Waals surface area contributed by atoms with E-state index in [4.69, 9.17) is 4.74 Å². The first-order valence-corrected chi connectivity index (χ1v) is 10.1. The highest BCUT2D eigenvalue weighted by molar-refractivity contribution is 14.1. The zero-order chi connectivity index (χ0) is 15.0. The Hall–Kier alpha value is 0.210. The second kappa shape index (κ2) is 6.76. The maximum atomic E-state index is 5.40. The number of aryl methyl sites for hydroxylation is 1. The van der Waals surface area contributed by atoms with E-state index in [1.54, 1.807) is 7.11 Å². The standard InChI is InChI=1S/C15H14Br2INOS/c1-20-13-7-12(9(16)6-10(13)17)19-11-3-2-4-14-8(11)5-15(18)21-14/h5-7,11,19H,2-4H2,1H3. The Morgan fingerprint density at radius 1 is 1.29 bits per heavy atom. The number of anilines is 1. The molecule has 1 N–H and O–H groups in total. The van der Waals surface area contributed by atoms with E-state index in [1.165, 1.54) is 32.6 Å². The van der Waals surface area contributed by atoms with E-state index in [0.29, 0.717) is 6.04 Å². The van der Waals surface area contributed by atoms with Crippen LogP contribution in [-0.2, 0) is 6.42 Å². The van der Waals surface area contributed by atoms with Crippen LogP contribution in [0.3, 0.4) is 0 Å². The van der Waals surface area contributed by atoms with Crippen molar-refractivity contribution in [3.05, 3.63) is 40.5 Å². The highest BCUT2D eigenvalue weighted by atomic mass is 127. The second-order valence-corrected chi connectivity index (χ2v) is 9.72. The lowest BCUT2D eigenvalue weighted by Gasteiger charge is -2.25. The molecule has 2 aromatic rings. The van der Waals surface area contributed by atoms with Gasteiger partial charge in [0.15, 0.2) is 0 Å². The number of methoxy groups -OCH3 is 1. The van der Waals surface area contributed by atoms with Crippen LogP contribution in [0, 0.1) is 2.88 Å². The highest BCUT2D eigenvalue weighted by Crippen LogP contribution is 2.41. The molecule has 1 aliphatic carbocycles. The van der Waals surface area contributed by atoms with Crippen LogP contribution >= 0.6 is 65.8 Å². The Labute approximate surface area is 159 Å². The summed E-state index contributed by atoms with van der Waals surface area (Å²) in [5, 5.41) is 3.68. The average molecular weight is 543 g/mol. The molecule has 3 rings (SSSR count). The summed E-state index contributed by atoms with van der Waals surface area (Å²) in [6, 6.07) is 6.78. The predicted octanol–water partition coefficient (Wildman–Crippen LogP) is 6.38. The third-order valence-corrected chi connectivity index (χ3v) is 6.90. The second-order valence-electron chi connectivity index (χ2n) is 4.98. The van der Waals surface area contributed by atoms with E-state index in [0.717, 1.165) is 20.4 Å². The fourth-order valence-corrected chi connectivity index (χ4v) is 6.05. The van der Waals surface area contributed by atoms with Crippen LogP contribution in [-0.4, -0.2) is 7.11 Å². The first kappa shape index (κ1) is 16.1. The summed E-state index contributed by atoms with van der Waals surface area (Å²) in [6.45, 7) is 0. The van der Waals surface area contributed by atoms with Crippen LogP contribution in [0.5, 0.6) is 5.75 Å². The molecule has 0 spiro atoms. The van der Waals surface area contributed by atoms with Crippen LogP contribution in [0.2, 0.25) is 0 Å². The van der Waals surface area contributed by atoms with Gasteiger partial charge in [-0.15, -0.1) is 11.3 Å². The van der Waals surface area contributed by atoms with Crippen molar-refractivity contribution >= 4 is 71.5 Å². The zero-order valence-corrected chi connectivity index (χ0v) is 17.5. The molecule has 21 heavy (non-hydrogen) atoms. The molecule has 112 valence electrons. The van der Waals surface area contributed by atoms with Crippen molar-refractivity contribution in [2.24, 2.45) is 0 Å². The number of nitrogens with one attached hydrogen (secondary N) is 1. The number of thiophene rings is 1. The highest BCUT2D eigenvalue weighted by Gasteiger charge is 2.23. The monoisotopic (exact) mass is 541 g/mol. The molecule has 1 aliphatic rings. The summed E-state index contributed by atoms with van der Waals surface area (Å²) < 4.78 is 8.77. The van der Waals surface area contributed by atoms with Gasteiger partial charge in [0.05, 0.1) is 26.2 Å². The Morgan fingerprint density at radius 2 is 2.10 bits per heavy atom. The Kier molecular flexibility index (Phi) is 5.18. The topological polar surface area (TPSA) is 21.3 Å². The molecule has 0 fully saturated rings. The van der Waals surface area contributed by atoms with Crippen LogP contribution in [0.1, 0.15) is 29.3 Å². The quantitative estimate of drug-likeness (QED) is 0.455. The van der Waals surface area contributed by atoms with E-state index in [1.807, 2.05) is 23.5 Å². The lowest BCUT2D eigenvalue weighted by atomic mass is 9.94. The molecule has 0 saturated carbocycles. The normalized spacial score (nSPS) is 17.4. The van der Waals surface area contributed by atoms with Gasteiger partial charge in [0.25, 0.3) is 0 Å². The SMILES string of the molecule is COc1cc(NC2CCCc3sc(I)cc32)c(Br)cc1Br. The summed E-state index contributed by atoms with van der Waals surface area (Å²) in [6.07, 6.45) is 3.63. The van der Waals surface area contributed by atoms with E-state index in [9.17, 15) is 0 Å². The summed E-state index contributed by atoms with van der Waals surface area (Å²) in [4.78, 5) is 1.53. The molecule has 6 heteroatoms. The number of fused-ring (bicyclic) bond motifs is 1. The minimum atomic E-state index is 0.385. The van der Waals surface area contributed by atoms with Gasteiger partial charge in [-0.05, 0) is 91.4 Å². The predicted molar refractivity (Wildman–Crippen MR) is 105 cm³/mol. The van der Waals surface area contributed by atoms with Gasteiger partial charge >= 0.3 is 0 Å². The number of ether oxygens (including phenoxy) is 1. The van der Waals surface area contributed by atoms with Gasteiger partial charge in [-0.1, -0.05) is 0 Å². The third-order valence-electron chi connectivity index (χ3n) is 3.65. The number of hydrogen-bond acceptors (Lipinski definition) is 3. The van der Waals surface area contributed by atoms with E-state index in [-0.39, 0.29) is 0 Å². The van der Waals surface area contributed by atoms with Gasteiger partial charge in [-0.25, -0.2) is 0 Å². The summed E-state index contributed by atoms with van der Waals surface area (Å²) in [7, 11) is 1.69. The van der Waals surface area contributed by atoms with E-state index in [2.05, 4.69) is 65.8 Å². The van der Waals surface area contributed by atoms with Crippen LogP contribution in [0.4, 0.5) is 5.69 Å². The molecule has 0 radical (unpaired) electrons. The summed E-state index contributed by atoms with van der Waals surface area (Å²) in [5.41, 5.74) is 2.54. The van der Waals surface area contributed by atoms with Gasteiger partial charge in [0, 0.05) is 15.4 Å². The van der Waals surface area contributed by atoms with Crippen molar-refractivity contribution in [3.63, 3.8) is 0 Å². The van der Waals surface area contributed by atoms with Crippen molar-refractivity contribution in [1.82, 2.24) is 0 Å². The van der Waals surface area contributed by atoms with Gasteiger partial charge in [-0.2, -0.15) is 0 Å². The lowest BCUT2D eigenvalue weighted by Crippen LogP contribution is -2.16. The fourth-order valence-electron chi connectivity index (χ4n) is 2.66. The average Bonchev–Trinajstić information content (AvgIpc) is 2.83. The van der Waals surface area contributed by atoms with Crippen molar-refractivity contribution in [2.75, 3.05) is 12.4 Å². The molecule has 0 aliphatic heterocycles. The molecule has 2 nitrogen and oxygen atoms in total. The van der Waals surface area contributed by atoms with Gasteiger partial charge in [0.1, 0.15) is 5.75 Å². The Balaban J connectivity index is 1.91. The van der Waals surface area contributed by atoms with Crippen molar-refractivity contribution in [1.29, 1.82) is 0 Å². The van der Waals surface area contributed by atoms with Crippen LogP contribution in [0.25, 0.3) is 0 Å². The molecule has 0 amide bonds. The van der Waals surface area contributed by atoms with Crippen LogP contribution in [0.15, 0.2) is 27.1 Å². The van der Waals surface area contributed by atoms with Crippen molar-refractivity contribution in [3.8, 4) is 5.75 Å². The molecular weight excluding hydrogens is 529 g/mol. The summed E-state index contributed by atoms with van der Waals surface area (Å²) in [5.74, 6) is 0.844. The maximum absolute atomic E-state index is 5.40. The molecule has 1 atom stereocenters. The first-order chi connectivity index (χ1) is 10.1. The number of hydrogen-bond donors (Lipinski definition) is 1. The summed E-state index contributed by atoms with van der Waals surface area (Å²) >= 11 is 11.5. The van der Waals surface area contributed by atoms with Crippen LogP contribution < -0.4 is 10.1 Å². The van der Waals surface area contributed by atoms with E-state index < -0.39 is 0 Å². The third kappa shape index (κ3) is 3.43. The molecule has 0 saturated heterocycles. The molecule has 1 aromatic carbocycles. The smallest absolute Gasteiger partial charge is 0.135 e. The van der Waals surface area contributed by atoms with Gasteiger partial charge in [-0.3, -0.25) is 0 Å². The molecule has 1 unspecified atom stereocenters. The minimum absolute atomic E-state index is 0.385. The maximum Gasteiger partial charge on any atom is 0.135 e. The number of rotatable bonds is 3. The van der Waals surface area contributed by atoms with E-state index >= 15 is 0 Å². The minimum Gasteiger partial charge on any atom is -0.495 e. The number of halogens is 3. The lowest BCUT2D eigenvalue weighted by molar-refractivity contribution is 0.412. The molecule has 0 bridgehead atoms.